The van der Waals surface area contributed by atoms with E-state index < -0.39 is 56.2 Å². The lowest BCUT2D eigenvalue weighted by Crippen LogP contribution is -2.64. The third kappa shape index (κ3) is 10.4. The van der Waals surface area contributed by atoms with Gasteiger partial charge in [0.25, 0.3) is 0 Å². The van der Waals surface area contributed by atoms with Gasteiger partial charge in [-0.1, -0.05) is 55.7 Å². The number of likely N-dealkylation sites (tertiary alicyclic amines) is 1. The van der Waals surface area contributed by atoms with Crippen molar-refractivity contribution < 1.29 is 37.4 Å². The molecule has 6 atom stereocenters. The standard InChI is InChI=1S/C40H56N4O8S/c1-39(2,3)43-37(47)31-22-28-14-10-11-15-29(28)23-44(31)24-32(45)30(20-26-12-8-7-9-13-26)41-38(48)36(40(4,5)53(6,49)50)42-35(46)19-17-27-16-18-33-34(21-27)52-25-51-33/h7-9,12-13,16-19,21,28-32,36,45H,10-11,14-15,20,22-25H2,1-6H3,(H,41,48)(H,42,46)(H,43,47)/t28?,29?,30-,31-,32+,36+/m0/s1. The molecule has 0 radical (unpaired) electrons. The molecule has 3 aliphatic rings. The lowest BCUT2D eigenvalue weighted by Gasteiger charge is -2.47. The van der Waals surface area contributed by atoms with Crippen molar-refractivity contribution in [3.63, 3.8) is 0 Å². The number of β-amino-alcohol motifs (C(OH)–C–C–N with tert-alkyl or cyclic N) is 1. The predicted molar refractivity (Wildman–Crippen MR) is 204 cm³/mol. The minimum absolute atomic E-state index is 0.0798. The summed E-state index contributed by atoms with van der Waals surface area (Å²) < 4.78 is 35.2. The molecule has 3 amide bonds. The van der Waals surface area contributed by atoms with Crippen molar-refractivity contribution in [3.05, 3.63) is 65.7 Å². The molecule has 5 rings (SSSR count). The van der Waals surface area contributed by atoms with Crippen molar-refractivity contribution in [1.29, 1.82) is 0 Å². The first-order valence-electron chi connectivity index (χ1n) is 18.6. The zero-order chi connectivity index (χ0) is 38.6. The summed E-state index contributed by atoms with van der Waals surface area (Å²) in [4.78, 5) is 43.3. The number of piperidine rings is 1. The summed E-state index contributed by atoms with van der Waals surface area (Å²) in [5, 5.41) is 20.7. The van der Waals surface area contributed by atoms with Crippen molar-refractivity contribution in [2.45, 2.75) is 108 Å². The van der Waals surface area contributed by atoms with Crippen LogP contribution in [-0.4, -0.2) is 96.8 Å². The zero-order valence-corrected chi connectivity index (χ0v) is 32.6. The number of ether oxygens (including phenoxy) is 2. The van der Waals surface area contributed by atoms with Crippen LogP contribution in [0.3, 0.4) is 0 Å². The fraction of sp³-hybridized carbons (Fsp3) is 0.575. The van der Waals surface area contributed by atoms with Crippen molar-refractivity contribution in [2.24, 2.45) is 11.8 Å². The Labute approximate surface area is 314 Å². The second kappa shape index (κ2) is 16.6. The normalized spacial score (nSPS) is 22.4. The van der Waals surface area contributed by atoms with E-state index in [4.69, 9.17) is 9.47 Å². The quantitative estimate of drug-likeness (QED) is 0.224. The molecule has 2 aromatic rings. The van der Waals surface area contributed by atoms with E-state index in [1.165, 1.54) is 26.0 Å². The first-order chi connectivity index (χ1) is 24.9. The van der Waals surface area contributed by atoms with Gasteiger partial charge >= 0.3 is 0 Å². The molecule has 2 fully saturated rings. The summed E-state index contributed by atoms with van der Waals surface area (Å²) in [5.41, 5.74) is 1.06. The Balaban J connectivity index is 1.38. The van der Waals surface area contributed by atoms with E-state index in [0.717, 1.165) is 37.5 Å². The minimum Gasteiger partial charge on any atom is -0.454 e. The van der Waals surface area contributed by atoms with Gasteiger partial charge in [0.1, 0.15) is 6.04 Å². The van der Waals surface area contributed by atoms with Crippen LogP contribution in [0.2, 0.25) is 0 Å². The molecule has 2 aromatic carbocycles. The lowest BCUT2D eigenvalue weighted by molar-refractivity contribution is -0.133. The minimum atomic E-state index is -3.89. The van der Waals surface area contributed by atoms with E-state index in [-0.39, 0.29) is 25.7 Å². The van der Waals surface area contributed by atoms with Gasteiger partial charge in [-0.2, -0.15) is 0 Å². The van der Waals surface area contributed by atoms with Crippen LogP contribution >= 0.6 is 0 Å². The van der Waals surface area contributed by atoms with Crippen LogP contribution in [0.5, 0.6) is 11.5 Å². The van der Waals surface area contributed by atoms with Crippen LogP contribution in [0, 0.1) is 11.8 Å². The summed E-state index contributed by atoms with van der Waals surface area (Å²) in [6, 6.07) is 11.7. The van der Waals surface area contributed by atoms with Crippen LogP contribution in [0.4, 0.5) is 0 Å². The van der Waals surface area contributed by atoms with Gasteiger partial charge in [-0.05, 0) is 95.1 Å². The molecular weight excluding hydrogens is 697 g/mol. The highest BCUT2D eigenvalue weighted by Crippen LogP contribution is 2.39. The van der Waals surface area contributed by atoms with E-state index >= 15 is 0 Å². The molecule has 53 heavy (non-hydrogen) atoms. The largest absolute Gasteiger partial charge is 0.454 e. The second-order valence-corrected chi connectivity index (χ2v) is 19.0. The molecule has 4 N–H and O–H groups in total. The molecule has 2 heterocycles. The summed E-state index contributed by atoms with van der Waals surface area (Å²) >= 11 is 0. The molecule has 290 valence electrons. The molecule has 0 bridgehead atoms. The van der Waals surface area contributed by atoms with Gasteiger partial charge in [0.2, 0.25) is 24.5 Å². The van der Waals surface area contributed by atoms with Gasteiger partial charge in [0.05, 0.1) is 22.9 Å². The number of hydrogen-bond acceptors (Lipinski definition) is 9. The number of carbonyl (C=O) groups excluding carboxylic acids is 3. The predicted octanol–water partition coefficient (Wildman–Crippen LogP) is 3.62. The zero-order valence-electron chi connectivity index (χ0n) is 31.8. The summed E-state index contributed by atoms with van der Waals surface area (Å²) in [6.07, 6.45) is 8.03. The highest BCUT2D eigenvalue weighted by atomic mass is 32.2. The average Bonchev–Trinajstić information content (AvgIpc) is 3.56. The number of rotatable bonds is 13. The van der Waals surface area contributed by atoms with Gasteiger partial charge in [-0.25, -0.2) is 8.42 Å². The van der Waals surface area contributed by atoms with Crippen molar-refractivity contribution in [2.75, 3.05) is 26.1 Å². The Morgan fingerprint density at radius 2 is 1.64 bits per heavy atom. The second-order valence-electron chi connectivity index (χ2n) is 16.4. The number of carbonyl (C=O) groups is 3. The fourth-order valence-electron chi connectivity index (χ4n) is 7.56. The Morgan fingerprint density at radius 3 is 2.32 bits per heavy atom. The summed E-state index contributed by atoms with van der Waals surface area (Å²) in [7, 11) is -3.89. The molecule has 1 aliphatic carbocycles. The number of aliphatic hydroxyl groups excluding tert-OH is 1. The highest BCUT2D eigenvalue weighted by Gasteiger charge is 2.46. The molecule has 12 nitrogen and oxygen atoms in total. The molecule has 2 unspecified atom stereocenters. The molecule has 13 heteroatoms. The Bertz CT molecular complexity index is 1760. The van der Waals surface area contributed by atoms with Crippen LogP contribution in [0.15, 0.2) is 54.6 Å². The van der Waals surface area contributed by atoms with Gasteiger partial charge in [0.15, 0.2) is 21.3 Å². The van der Waals surface area contributed by atoms with Crippen molar-refractivity contribution >= 4 is 33.6 Å². The molecule has 0 aromatic heterocycles. The first kappa shape index (κ1) is 40.2. The first-order valence-corrected chi connectivity index (χ1v) is 20.5. The maximum Gasteiger partial charge on any atom is 0.244 e. The Hall–Kier alpha value is -3.94. The number of fused-ring (bicyclic) bond motifs is 2. The number of nitrogens with zero attached hydrogens (tertiary/aromatic N) is 1. The lowest BCUT2D eigenvalue weighted by atomic mass is 9.72. The van der Waals surface area contributed by atoms with E-state index in [1.807, 2.05) is 51.1 Å². The smallest absolute Gasteiger partial charge is 0.244 e. The molecule has 0 spiro atoms. The van der Waals surface area contributed by atoms with Crippen LogP contribution in [-0.2, 0) is 30.6 Å². The number of benzene rings is 2. The van der Waals surface area contributed by atoms with E-state index in [2.05, 4.69) is 20.9 Å². The molecule has 1 saturated carbocycles. The maximum atomic E-state index is 14.3. The van der Waals surface area contributed by atoms with Crippen molar-refractivity contribution in [1.82, 2.24) is 20.9 Å². The molecule has 2 aliphatic heterocycles. The van der Waals surface area contributed by atoms with Gasteiger partial charge in [0, 0.05) is 31.0 Å². The summed E-state index contributed by atoms with van der Waals surface area (Å²) in [6.45, 7) is 9.51. The van der Waals surface area contributed by atoms with Gasteiger partial charge in [-0.15, -0.1) is 0 Å². The maximum absolute atomic E-state index is 14.3. The number of hydrogen-bond donors (Lipinski definition) is 4. The topological polar surface area (TPSA) is 163 Å². The monoisotopic (exact) mass is 752 g/mol. The number of nitrogens with one attached hydrogen (secondary N) is 3. The van der Waals surface area contributed by atoms with Crippen molar-refractivity contribution in [3.8, 4) is 11.5 Å². The Kier molecular flexibility index (Phi) is 12.6. The number of aliphatic hydroxyl groups is 1. The third-order valence-corrected chi connectivity index (χ3v) is 13.0. The average molecular weight is 753 g/mol. The van der Waals surface area contributed by atoms with Crippen LogP contribution in [0.1, 0.15) is 77.8 Å². The third-order valence-electron chi connectivity index (χ3n) is 10.8. The fourth-order valence-corrected chi connectivity index (χ4v) is 8.15. The van der Waals surface area contributed by atoms with Gasteiger partial charge < -0.3 is 30.5 Å². The molecular formula is C40H56N4O8S. The van der Waals surface area contributed by atoms with E-state index in [0.29, 0.717) is 41.9 Å². The molecule has 1 saturated heterocycles. The van der Waals surface area contributed by atoms with Gasteiger partial charge in [-0.3, -0.25) is 19.3 Å². The van der Waals surface area contributed by atoms with Crippen LogP contribution < -0.4 is 25.4 Å². The number of sulfone groups is 1. The van der Waals surface area contributed by atoms with E-state index in [1.54, 1.807) is 18.2 Å². The highest BCUT2D eigenvalue weighted by molar-refractivity contribution is 7.92. The SMILES string of the molecule is CC(C)(C)NC(=O)[C@@H]1CC2CCCCC2CN1C[C@@H](O)[C@H](Cc1ccccc1)NC(=O)[C@@H](NC(=O)C=Cc1ccc2c(c1)OCO2)C(C)(C)S(C)(=O)=O. The van der Waals surface area contributed by atoms with Crippen LogP contribution in [0.25, 0.3) is 6.08 Å². The number of amides is 3. The van der Waals surface area contributed by atoms with E-state index in [9.17, 15) is 27.9 Å². The Morgan fingerprint density at radius 1 is 0.962 bits per heavy atom. The summed E-state index contributed by atoms with van der Waals surface area (Å²) in [5.74, 6) is 0.472.